The van der Waals surface area contributed by atoms with Crippen LogP contribution in [0, 0.1) is 0 Å². The summed E-state index contributed by atoms with van der Waals surface area (Å²) >= 11 is 0. The highest BCUT2D eigenvalue weighted by Crippen LogP contribution is 2.43. The standard InChI is InChI=1S/C50H98NO8P/c1-6-8-10-12-14-16-18-20-22-24-25-27-28-30-32-34-36-38-40-42-49(52)56-46-48(47-58-60(54,55)57-45-44-51(3,4)5)59-50(53)43-41-39-37-35-33-31-29-26-23-21-19-17-15-13-11-9-7-2/h21,23,48H,6-20,22,24-47H2,1-5H3/p+1/b23-21-/t48-/m1/s1. The number of carbonyl (C=O) groups is 2. The van der Waals surface area contributed by atoms with Gasteiger partial charge in [-0.3, -0.25) is 18.6 Å². The topological polar surface area (TPSA) is 108 Å². The van der Waals surface area contributed by atoms with Crippen LogP contribution in [0.25, 0.3) is 0 Å². The van der Waals surface area contributed by atoms with Crippen LogP contribution in [0.1, 0.15) is 245 Å². The van der Waals surface area contributed by atoms with Gasteiger partial charge in [-0.25, -0.2) is 4.57 Å². The second-order valence-corrected chi connectivity index (χ2v) is 20.0. The predicted molar refractivity (Wildman–Crippen MR) is 252 cm³/mol. The van der Waals surface area contributed by atoms with E-state index in [1.54, 1.807) is 0 Å². The fourth-order valence-electron chi connectivity index (χ4n) is 7.31. The molecule has 0 spiro atoms. The highest BCUT2D eigenvalue weighted by molar-refractivity contribution is 7.47. The minimum absolute atomic E-state index is 0.0342. The molecule has 0 fully saturated rings. The van der Waals surface area contributed by atoms with E-state index < -0.39 is 26.5 Å². The number of carbonyl (C=O) groups excluding carboxylic acids is 2. The number of quaternary nitrogens is 1. The van der Waals surface area contributed by atoms with E-state index in [2.05, 4.69) is 26.0 Å². The van der Waals surface area contributed by atoms with Crippen LogP contribution in [0.5, 0.6) is 0 Å². The Kier molecular flexibility index (Phi) is 42.1. The number of phosphoric acid groups is 1. The third-order valence-corrected chi connectivity index (χ3v) is 12.3. The van der Waals surface area contributed by atoms with Gasteiger partial charge < -0.3 is 18.9 Å². The van der Waals surface area contributed by atoms with Gasteiger partial charge in [0.2, 0.25) is 0 Å². The molecular formula is C50H99NO8P+. The van der Waals surface area contributed by atoms with E-state index in [0.717, 1.165) is 44.9 Å². The van der Waals surface area contributed by atoms with Crippen molar-refractivity contribution in [3.8, 4) is 0 Å². The molecule has 2 atom stereocenters. The smallest absolute Gasteiger partial charge is 0.462 e. The Bertz CT molecular complexity index is 1030. The molecule has 0 aliphatic heterocycles. The summed E-state index contributed by atoms with van der Waals surface area (Å²) < 4.78 is 34.4. The summed E-state index contributed by atoms with van der Waals surface area (Å²) in [6.45, 7) is 4.46. The number of ether oxygens (including phenoxy) is 2. The molecule has 0 radical (unpaired) electrons. The number of likely N-dealkylation sites (N-methyl/N-ethyl adjacent to an activating group) is 1. The molecule has 0 aromatic rings. The van der Waals surface area contributed by atoms with Gasteiger partial charge in [-0.1, -0.05) is 206 Å². The summed E-state index contributed by atoms with van der Waals surface area (Å²) in [4.78, 5) is 35.5. The zero-order chi connectivity index (χ0) is 44.3. The minimum atomic E-state index is -4.37. The highest BCUT2D eigenvalue weighted by Gasteiger charge is 2.27. The third-order valence-electron chi connectivity index (χ3n) is 11.3. The van der Waals surface area contributed by atoms with Crippen LogP contribution >= 0.6 is 7.82 Å². The largest absolute Gasteiger partial charge is 0.472 e. The molecule has 1 N–H and O–H groups in total. The molecule has 0 rings (SSSR count). The van der Waals surface area contributed by atoms with Gasteiger partial charge in [0, 0.05) is 12.8 Å². The summed E-state index contributed by atoms with van der Waals surface area (Å²) in [5.41, 5.74) is 0. The molecule has 1 unspecified atom stereocenters. The summed E-state index contributed by atoms with van der Waals surface area (Å²) in [7, 11) is 1.49. The van der Waals surface area contributed by atoms with Gasteiger partial charge in [-0.15, -0.1) is 0 Å². The predicted octanol–water partition coefficient (Wildman–Crippen LogP) is 14.9. The van der Waals surface area contributed by atoms with Gasteiger partial charge in [0.15, 0.2) is 6.10 Å². The number of esters is 2. The maximum Gasteiger partial charge on any atom is 0.472 e. The maximum absolute atomic E-state index is 12.7. The van der Waals surface area contributed by atoms with Crippen LogP contribution in [-0.4, -0.2) is 74.9 Å². The van der Waals surface area contributed by atoms with E-state index in [1.165, 1.54) is 167 Å². The van der Waals surface area contributed by atoms with Crippen molar-refractivity contribution < 1.29 is 42.1 Å². The summed E-state index contributed by atoms with van der Waals surface area (Å²) in [6, 6.07) is 0. The van der Waals surface area contributed by atoms with Crippen LogP contribution in [0.15, 0.2) is 12.2 Å². The van der Waals surface area contributed by atoms with Gasteiger partial charge in [0.25, 0.3) is 0 Å². The molecule has 0 saturated heterocycles. The number of allylic oxidation sites excluding steroid dienone is 2. The van der Waals surface area contributed by atoms with E-state index >= 15 is 0 Å². The van der Waals surface area contributed by atoms with Crippen molar-refractivity contribution in [3.05, 3.63) is 12.2 Å². The zero-order valence-electron chi connectivity index (χ0n) is 40.2. The molecule has 10 heteroatoms. The molecule has 0 saturated carbocycles. The first-order valence-electron chi connectivity index (χ1n) is 25.4. The van der Waals surface area contributed by atoms with E-state index in [0.29, 0.717) is 23.9 Å². The lowest BCUT2D eigenvalue weighted by atomic mass is 10.0. The first-order valence-corrected chi connectivity index (χ1v) is 26.9. The van der Waals surface area contributed by atoms with Crippen LogP contribution in [0.3, 0.4) is 0 Å². The minimum Gasteiger partial charge on any atom is -0.462 e. The van der Waals surface area contributed by atoms with Crippen LogP contribution in [0.4, 0.5) is 0 Å². The second kappa shape index (κ2) is 43.0. The molecule has 356 valence electrons. The lowest BCUT2D eigenvalue weighted by Gasteiger charge is -2.24. The quantitative estimate of drug-likeness (QED) is 0.0212. The third kappa shape index (κ3) is 46.3. The van der Waals surface area contributed by atoms with E-state index in [-0.39, 0.29) is 25.6 Å². The van der Waals surface area contributed by atoms with Gasteiger partial charge in [0.1, 0.15) is 19.8 Å². The molecule has 0 aromatic carbocycles. The Morgan fingerprint density at radius 3 is 1.23 bits per heavy atom. The van der Waals surface area contributed by atoms with Gasteiger partial charge in [-0.05, 0) is 38.5 Å². The SMILES string of the molecule is CCCCCCCC/C=C\CCCCCCCCCC(=O)O[C@H](COC(=O)CCCCCCCCCCCCCCCCCCCCC)COP(=O)(O)OCC[N+](C)(C)C. The van der Waals surface area contributed by atoms with Gasteiger partial charge >= 0.3 is 19.8 Å². The lowest BCUT2D eigenvalue weighted by molar-refractivity contribution is -0.870. The Balaban J connectivity index is 4.23. The first kappa shape index (κ1) is 58.8. The summed E-state index contributed by atoms with van der Waals surface area (Å²) in [5, 5.41) is 0. The molecule has 0 bridgehead atoms. The van der Waals surface area contributed by atoms with Crippen molar-refractivity contribution in [2.75, 3.05) is 47.5 Å². The Labute approximate surface area is 371 Å². The van der Waals surface area contributed by atoms with Crippen molar-refractivity contribution in [2.24, 2.45) is 0 Å². The Hall–Kier alpha value is -1.25. The molecule has 0 aromatic heterocycles. The van der Waals surface area contributed by atoms with Crippen LogP contribution in [0.2, 0.25) is 0 Å². The molecule has 0 aliphatic rings. The molecular weight excluding hydrogens is 774 g/mol. The van der Waals surface area contributed by atoms with E-state index in [9.17, 15) is 19.0 Å². The summed E-state index contributed by atoms with van der Waals surface area (Å²) in [5.74, 6) is -0.788. The van der Waals surface area contributed by atoms with Crippen molar-refractivity contribution in [1.29, 1.82) is 0 Å². The lowest BCUT2D eigenvalue weighted by Crippen LogP contribution is -2.37. The maximum atomic E-state index is 12.7. The Morgan fingerprint density at radius 1 is 0.500 bits per heavy atom. The number of phosphoric ester groups is 1. The highest BCUT2D eigenvalue weighted by atomic mass is 31.2. The van der Waals surface area contributed by atoms with Crippen LogP contribution in [-0.2, 0) is 32.7 Å². The van der Waals surface area contributed by atoms with Crippen molar-refractivity contribution in [1.82, 2.24) is 0 Å². The average Bonchev–Trinajstić information content (AvgIpc) is 3.20. The first-order chi connectivity index (χ1) is 29.0. The average molecular weight is 873 g/mol. The van der Waals surface area contributed by atoms with Crippen molar-refractivity contribution in [2.45, 2.75) is 251 Å². The van der Waals surface area contributed by atoms with Gasteiger partial charge in [0.05, 0.1) is 27.7 Å². The van der Waals surface area contributed by atoms with Crippen molar-refractivity contribution >= 4 is 19.8 Å². The van der Waals surface area contributed by atoms with E-state index in [4.69, 9.17) is 18.5 Å². The summed E-state index contributed by atoms with van der Waals surface area (Å²) in [6.07, 6.45) is 46.9. The van der Waals surface area contributed by atoms with Crippen molar-refractivity contribution in [3.63, 3.8) is 0 Å². The fraction of sp³-hybridized carbons (Fsp3) is 0.920. The zero-order valence-corrected chi connectivity index (χ0v) is 41.1. The number of nitrogens with zero attached hydrogens (tertiary/aromatic N) is 1. The van der Waals surface area contributed by atoms with Crippen LogP contribution < -0.4 is 0 Å². The molecule has 0 amide bonds. The molecule has 9 nitrogen and oxygen atoms in total. The monoisotopic (exact) mass is 873 g/mol. The number of hydrogen-bond donors (Lipinski definition) is 1. The second-order valence-electron chi connectivity index (χ2n) is 18.6. The molecule has 60 heavy (non-hydrogen) atoms. The Morgan fingerprint density at radius 2 is 0.850 bits per heavy atom. The van der Waals surface area contributed by atoms with E-state index in [1.807, 2.05) is 21.1 Å². The normalized spacial score (nSPS) is 13.5. The number of unbranched alkanes of at least 4 members (excludes halogenated alkanes) is 31. The fourth-order valence-corrected chi connectivity index (χ4v) is 8.05. The molecule has 0 aliphatic carbocycles. The number of hydrogen-bond acceptors (Lipinski definition) is 7. The van der Waals surface area contributed by atoms with Gasteiger partial charge in [-0.2, -0.15) is 0 Å². The number of rotatable bonds is 47. The molecule has 0 heterocycles.